The van der Waals surface area contributed by atoms with Crippen molar-refractivity contribution < 1.29 is 14.2 Å². The summed E-state index contributed by atoms with van der Waals surface area (Å²) in [7, 11) is 1.72. The summed E-state index contributed by atoms with van der Waals surface area (Å²) in [5.74, 6) is 1.65. The van der Waals surface area contributed by atoms with Crippen LogP contribution >= 0.6 is 0 Å². The average molecular weight is 274 g/mol. The summed E-state index contributed by atoms with van der Waals surface area (Å²) >= 11 is 0. The molecule has 20 heavy (non-hydrogen) atoms. The second-order valence-corrected chi connectivity index (χ2v) is 5.89. The second kappa shape index (κ2) is 5.23. The molecule has 3 rings (SSSR count). The van der Waals surface area contributed by atoms with Gasteiger partial charge in [0.1, 0.15) is 18.0 Å². The molecule has 0 N–H and O–H groups in total. The van der Waals surface area contributed by atoms with Gasteiger partial charge in [-0.05, 0) is 54.5 Å². The normalized spacial score (nSPS) is 20.3. The average Bonchev–Trinajstić information content (AvgIpc) is 3.22. The first kappa shape index (κ1) is 13.7. The first-order valence-electron chi connectivity index (χ1n) is 7.20. The van der Waals surface area contributed by atoms with E-state index in [1.807, 2.05) is 6.08 Å². The van der Waals surface area contributed by atoms with Crippen molar-refractivity contribution in [3.8, 4) is 5.75 Å². The van der Waals surface area contributed by atoms with E-state index in [4.69, 9.17) is 14.2 Å². The Kier molecular flexibility index (Phi) is 3.57. The van der Waals surface area contributed by atoms with Gasteiger partial charge in [0.25, 0.3) is 0 Å². The molecular weight excluding hydrogens is 252 g/mol. The SMILES string of the molecule is C=Cc1cc(C2CC2)c(OCC2(OC)COC2)cc1C. The van der Waals surface area contributed by atoms with Gasteiger partial charge in [-0.2, -0.15) is 0 Å². The Morgan fingerprint density at radius 1 is 1.40 bits per heavy atom. The van der Waals surface area contributed by atoms with E-state index in [-0.39, 0.29) is 5.60 Å². The minimum atomic E-state index is -0.258. The third-order valence-corrected chi connectivity index (χ3v) is 4.29. The van der Waals surface area contributed by atoms with Gasteiger partial charge in [0, 0.05) is 7.11 Å². The molecule has 0 bridgehead atoms. The van der Waals surface area contributed by atoms with Crippen molar-refractivity contribution >= 4 is 6.08 Å². The minimum absolute atomic E-state index is 0.258. The minimum Gasteiger partial charge on any atom is -0.490 e. The van der Waals surface area contributed by atoms with Crippen molar-refractivity contribution in [2.45, 2.75) is 31.3 Å². The maximum absolute atomic E-state index is 6.08. The smallest absolute Gasteiger partial charge is 0.148 e. The predicted molar refractivity (Wildman–Crippen MR) is 79.3 cm³/mol. The molecule has 0 atom stereocenters. The molecule has 3 heteroatoms. The highest BCUT2D eigenvalue weighted by Crippen LogP contribution is 2.45. The molecule has 108 valence electrons. The highest BCUT2D eigenvalue weighted by atomic mass is 16.6. The molecule has 1 aliphatic carbocycles. The summed E-state index contributed by atoms with van der Waals surface area (Å²) in [4.78, 5) is 0. The topological polar surface area (TPSA) is 27.7 Å². The third kappa shape index (κ3) is 2.48. The molecule has 1 aromatic carbocycles. The lowest BCUT2D eigenvalue weighted by molar-refractivity contribution is -0.208. The van der Waals surface area contributed by atoms with Crippen LogP contribution in [0, 0.1) is 6.92 Å². The Bertz CT molecular complexity index is 508. The Hall–Kier alpha value is -1.32. The van der Waals surface area contributed by atoms with Crippen molar-refractivity contribution in [3.05, 3.63) is 35.4 Å². The van der Waals surface area contributed by atoms with E-state index in [0.717, 1.165) is 5.75 Å². The number of hydrogen-bond donors (Lipinski definition) is 0. The van der Waals surface area contributed by atoms with Crippen LogP contribution in [0.2, 0.25) is 0 Å². The zero-order chi connectivity index (χ0) is 14.2. The first-order valence-corrected chi connectivity index (χ1v) is 7.20. The van der Waals surface area contributed by atoms with Crippen molar-refractivity contribution in [3.63, 3.8) is 0 Å². The van der Waals surface area contributed by atoms with Crippen molar-refractivity contribution in [2.24, 2.45) is 0 Å². The van der Waals surface area contributed by atoms with E-state index in [9.17, 15) is 0 Å². The number of rotatable bonds is 6. The lowest BCUT2D eigenvalue weighted by Crippen LogP contribution is -2.55. The van der Waals surface area contributed by atoms with E-state index in [2.05, 4.69) is 25.6 Å². The van der Waals surface area contributed by atoms with E-state index < -0.39 is 0 Å². The van der Waals surface area contributed by atoms with Crippen LogP contribution in [0.4, 0.5) is 0 Å². The Morgan fingerprint density at radius 2 is 2.15 bits per heavy atom. The summed E-state index contributed by atoms with van der Waals surface area (Å²) in [6.07, 6.45) is 4.44. The Labute approximate surface area is 120 Å². The van der Waals surface area contributed by atoms with E-state index in [0.29, 0.717) is 25.7 Å². The fourth-order valence-electron chi connectivity index (χ4n) is 2.57. The zero-order valence-electron chi connectivity index (χ0n) is 12.3. The molecule has 0 aromatic heterocycles. The molecule has 1 saturated carbocycles. The molecule has 1 aliphatic heterocycles. The molecule has 2 fully saturated rings. The third-order valence-electron chi connectivity index (χ3n) is 4.29. The first-order chi connectivity index (χ1) is 9.67. The van der Waals surface area contributed by atoms with Crippen LogP contribution < -0.4 is 4.74 Å². The highest BCUT2D eigenvalue weighted by molar-refractivity contribution is 5.57. The Morgan fingerprint density at radius 3 is 2.65 bits per heavy atom. The molecule has 0 spiro atoms. The largest absolute Gasteiger partial charge is 0.490 e. The number of methoxy groups -OCH3 is 1. The molecule has 3 nitrogen and oxygen atoms in total. The lowest BCUT2D eigenvalue weighted by Gasteiger charge is -2.39. The number of benzene rings is 1. The number of aryl methyl sites for hydroxylation is 1. The monoisotopic (exact) mass is 274 g/mol. The van der Waals surface area contributed by atoms with Gasteiger partial charge in [-0.25, -0.2) is 0 Å². The van der Waals surface area contributed by atoms with Gasteiger partial charge in [0.05, 0.1) is 13.2 Å². The summed E-state index contributed by atoms with van der Waals surface area (Å²) in [6.45, 7) is 7.77. The maximum Gasteiger partial charge on any atom is 0.148 e. The molecule has 2 aliphatic rings. The van der Waals surface area contributed by atoms with Crippen LogP contribution in [-0.4, -0.2) is 32.5 Å². The molecule has 0 amide bonds. The predicted octanol–water partition coefficient (Wildman–Crippen LogP) is 3.31. The zero-order valence-corrected chi connectivity index (χ0v) is 12.3. The van der Waals surface area contributed by atoms with Crippen molar-refractivity contribution in [2.75, 3.05) is 26.9 Å². The molecule has 0 radical (unpaired) electrons. The molecule has 0 unspecified atom stereocenters. The van der Waals surface area contributed by atoms with Crippen LogP contribution in [0.5, 0.6) is 5.75 Å². The molecule has 1 aromatic rings. The van der Waals surface area contributed by atoms with Gasteiger partial charge >= 0.3 is 0 Å². The second-order valence-electron chi connectivity index (χ2n) is 5.89. The maximum atomic E-state index is 6.08. The molecule has 1 saturated heterocycles. The van der Waals surface area contributed by atoms with Crippen molar-refractivity contribution in [1.82, 2.24) is 0 Å². The van der Waals surface area contributed by atoms with Gasteiger partial charge in [-0.3, -0.25) is 0 Å². The van der Waals surface area contributed by atoms with E-state index in [1.165, 1.54) is 29.5 Å². The highest BCUT2D eigenvalue weighted by Gasteiger charge is 2.40. The molecule has 1 heterocycles. The number of hydrogen-bond acceptors (Lipinski definition) is 3. The summed E-state index contributed by atoms with van der Waals surface area (Å²) < 4.78 is 16.8. The summed E-state index contributed by atoms with van der Waals surface area (Å²) in [5.41, 5.74) is 3.46. The van der Waals surface area contributed by atoms with Crippen LogP contribution in [0.1, 0.15) is 35.4 Å². The lowest BCUT2D eigenvalue weighted by atomic mass is 10.00. The van der Waals surface area contributed by atoms with E-state index in [1.54, 1.807) is 7.11 Å². The fraction of sp³-hybridized carbons (Fsp3) is 0.529. The van der Waals surface area contributed by atoms with Gasteiger partial charge in [-0.1, -0.05) is 12.7 Å². The van der Waals surface area contributed by atoms with Crippen LogP contribution in [0.3, 0.4) is 0 Å². The van der Waals surface area contributed by atoms with Crippen LogP contribution in [0.15, 0.2) is 18.7 Å². The number of ether oxygens (including phenoxy) is 3. The van der Waals surface area contributed by atoms with Crippen LogP contribution in [-0.2, 0) is 9.47 Å². The van der Waals surface area contributed by atoms with Gasteiger partial charge in [0.15, 0.2) is 0 Å². The Balaban J connectivity index is 1.81. The molecular formula is C17H22O3. The van der Waals surface area contributed by atoms with Gasteiger partial charge in [-0.15, -0.1) is 0 Å². The van der Waals surface area contributed by atoms with Gasteiger partial charge in [0.2, 0.25) is 0 Å². The standard InChI is InChI=1S/C17H22O3/c1-4-13-8-15(14-5-6-14)16(7-12(13)2)20-11-17(18-3)9-19-10-17/h4,7-8,14H,1,5-6,9-11H2,2-3H3. The quantitative estimate of drug-likeness (QED) is 0.796. The fourth-order valence-corrected chi connectivity index (χ4v) is 2.57. The van der Waals surface area contributed by atoms with Crippen LogP contribution in [0.25, 0.3) is 6.08 Å². The van der Waals surface area contributed by atoms with Gasteiger partial charge < -0.3 is 14.2 Å². The van der Waals surface area contributed by atoms with Crippen molar-refractivity contribution in [1.29, 1.82) is 0 Å². The summed E-state index contributed by atoms with van der Waals surface area (Å²) in [5, 5.41) is 0. The van der Waals surface area contributed by atoms with E-state index >= 15 is 0 Å². The summed E-state index contributed by atoms with van der Waals surface area (Å²) in [6, 6.07) is 4.36.